The lowest BCUT2D eigenvalue weighted by Gasteiger charge is -2.26. The van der Waals surface area contributed by atoms with E-state index < -0.39 is 33.6 Å². The fraction of sp³-hybridized carbons (Fsp3) is 0.278. The predicted molar refractivity (Wildman–Crippen MR) is 108 cm³/mol. The van der Waals surface area contributed by atoms with Crippen LogP contribution in [0.1, 0.15) is 5.56 Å². The molecule has 4 nitrogen and oxygen atoms in total. The normalized spacial score (nSPS) is 23.4. The van der Waals surface area contributed by atoms with Gasteiger partial charge < -0.3 is 4.90 Å². The number of anilines is 1. The Morgan fingerprint density at radius 3 is 2.59 bits per heavy atom. The molecule has 9 heteroatoms. The van der Waals surface area contributed by atoms with Gasteiger partial charge in [-0.15, -0.1) is 0 Å². The van der Waals surface area contributed by atoms with Crippen molar-refractivity contribution in [3.8, 4) is 0 Å². The number of hydrogen-bond acceptors (Lipinski definition) is 5. The van der Waals surface area contributed by atoms with E-state index in [-0.39, 0.29) is 17.2 Å². The Morgan fingerprint density at radius 1 is 1.15 bits per heavy atom. The largest absolute Gasteiger partial charge is 0.312 e. The second kappa shape index (κ2) is 7.18. The minimum atomic E-state index is -3.22. The van der Waals surface area contributed by atoms with Crippen molar-refractivity contribution in [2.45, 2.75) is 17.8 Å². The lowest BCUT2D eigenvalue weighted by Crippen LogP contribution is -2.39. The molecular weight excluding hydrogens is 458 g/mol. The molecule has 27 heavy (non-hydrogen) atoms. The van der Waals surface area contributed by atoms with E-state index in [2.05, 4.69) is 20.9 Å². The molecule has 1 saturated heterocycles. The number of benzene rings is 2. The van der Waals surface area contributed by atoms with Crippen LogP contribution in [-0.2, 0) is 15.6 Å². The number of hydrogen-bond donors (Lipinski definition) is 0. The third-order valence-electron chi connectivity index (χ3n) is 4.56. The van der Waals surface area contributed by atoms with Gasteiger partial charge in [-0.25, -0.2) is 17.2 Å². The summed E-state index contributed by atoms with van der Waals surface area (Å²) < 4.78 is 52.8. The molecule has 2 atom stereocenters. The van der Waals surface area contributed by atoms with Crippen molar-refractivity contribution in [3.05, 3.63) is 64.1 Å². The van der Waals surface area contributed by atoms with Gasteiger partial charge in [-0.05, 0) is 29.8 Å². The molecule has 0 saturated carbocycles. The van der Waals surface area contributed by atoms with Crippen molar-refractivity contribution < 1.29 is 17.2 Å². The summed E-state index contributed by atoms with van der Waals surface area (Å²) >= 11 is 4.81. The maximum Gasteiger partial charge on any atom is 0.164 e. The summed E-state index contributed by atoms with van der Waals surface area (Å²) in [5.74, 6) is -0.916. The highest BCUT2D eigenvalue weighted by atomic mass is 79.9. The molecular formula is C18H15BrF2N2O2S2. The van der Waals surface area contributed by atoms with Gasteiger partial charge in [0.2, 0.25) is 0 Å². The first-order valence-electron chi connectivity index (χ1n) is 8.22. The summed E-state index contributed by atoms with van der Waals surface area (Å²) in [6.07, 6.45) is 0. The molecule has 0 bridgehead atoms. The number of nitrogens with zero attached hydrogens (tertiary/aromatic N) is 2. The van der Waals surface area contributed by atoms with Gasteiger partial charge in [-0.3, -0.25) is 4.99 Å². The topological polar surface area (TPSA) is 49.7 Å². The summed E-state index contributed by atoms with van der Waals surface area (Å²) in [6.45, 7) is 0. The molecule has 4 rings (SSSR count). The number of rotatable bonds is 3. The second-order valence-electron chi connectivity index (χ2n) is 6.50. The third-order valence-corrected chi connectivity index (χ3v) is 7.82. The molecule has 0 aromatic heterocycles. The molecule has 0 aliphatic carbocycles. The van der Waals surface area contributed by atoms with Gasteiger partial charge in [-0.2, -0.15) is 0 Å². The molecule has 0 N–H and O–H groups in total. The zero-order chi connectivity index (χ0) is 19.2. The first-order valence-corrected chi connectivity index (χ1v) is 11.8. The summed E-state index contributed by atoms with van der Waals surface area (Å²) in [5, 5.41) is 0.563. The van der Waals surface area contributed by atoms with Crippen LogP contribution >= 0.6 is 27.7 Å². The van der Waals surface area contributed by atoms with Gasteiger partial charge in [0.15, 0.2) is 15.0 Å². The Balaban J connectivity index is 1.64. The lowest BCUT2D eigenvalue weighted by molar-refractivity contribution is 0.577. The summed E-state index contributed by atoms with van der Waals surface area (Å²) in [6, 6.07) is 10.3. The van der Waals surface area contributed by atoms with E-state index in [0.717, 1.165) is 16.1 Å². The monoisotopic (exact) mass is 472 g/mol. The van der Waals surface area contributed by atoms with Gasteiger partial charge >= 0.3 is 0 Å². The van der Waals surface area contributed by atoms with Gasteiger partial charge in [0.25, 0.3) is 0 Å². The Bertz CT molecular complexity index is 1010. The summed E-state index contributed by atoms with van der Waals surface area (Å²) in [5.41, 5.74) is 1.22. The van der Waals surface area contributed by atoms with Crippen LogP contribution in [0.3, 0.4) is 0 Å². The minimum absolute atomic E-state index is 0.0423. The average molecular weight is 473 g/mol. The van der Waals surface area contributed by atoms with Crippen molar-refractivity contribution in [1.82, 2.24) is 0 Å². The Morgan fingerprint density at radius 2 is 1.89 bits per heavy atom. The van der Waals surface area contributed by atoms with Gasteiger partial charge in [-0.1, -0.05) is 39.8 Å². The Labute approximate surface area is 168 Å². The Hall–Kier alpha value is -1.45. The van der Waals surface area contributed by atoms with Crippen LogP contribution in [0.4, 0.5) is 14.5 Å². The highest BCUT2D eigenvalue weighted by molar-refractivity contribution is 9.10. The summed E-state index contributed by atoms with van der Waals surface area (Å²) in [7, 11) is -3.22. The van der Waals surface area contributed by atoms with E-state index in [9.17, 15) is 17.2 Å². The number of halogens is 3. The third kappa shape index (κ3) is 3.90. The molecule has 0 spiro atoms. The van der Waals surface area contributed by atoms with Crippen LogP contribution in [0.2, 0.25) is 0 Å². The number of thioether (sulfide) groups is 1. The average Bonchev–Trinajstić information content (AvgIpc) is 3.06. The van der Waals surface area contributed by atoms with Crippen molar-refractivity contribution in [2.75, 3.05) is 16.4 Å². The van der Waals surface area contributed by atoms with Crippen LogP contribution in [-0.4, -0.2) is 37.2 Å². The van der Waals surface area contributed by atoms with E-state index in [1.807, 2.05) is 24.3 Å². The first-order chi connectivity index (χ1) is 12.8. The van der Waals surface area contributed by atoms with Gasteiger partial charge in [0.05, 0.1) is 29.3 Å². The van der Waals surface area contributed by atoms with E-state index in [1.54, 1.807) is 4.90 Å². The van der Waals surface area contributed by atoms with Crippen molar-refractivity contribution in [1.29, 1.82) is 0 Å². The quantitative estimate of drug-likeness (QED) is 0.677. The van der Waals surface area contributed by atoms with Crippen molar-refractivity contribution >= 4 is 48.4 Å². The molecule has 0 radical (unpaired) electrons. The van der Waals surface area contributed by atoms with Crippen LogP contribution < -0.4 is 4.90 Å². The molecule has 2 aliphatic heterocycles. The first kappa shape index (κ1) is 18.9. The molecule has 2 aromatic carbocycles. The van der Waals surface area contributed by atoms with Crippen molar-refractivity contribution in [3.63, 3.8) is 0 Å². The molecule has 2 heterocycles. The number of aliphatic imine (C=N–C) groups is 1. The van der Waals surface area contributed by atoms with Crippen LogP contribution in [0.15, 0.2) is 51.9 Å². The maximum absolute atomic E-state index is 14.4. The second-order valence-corrected chi connectivity index (χ2v) is 10.5. The molecule has 0 amide bonds. The molecule has 0 unspecified atom stereocenters. The number of amidine groups is 1. The lowest BCUT2D eigenvalue weighted by atomic mass is 10.1. The molecule has 142 valence electrons. The minimum Gasteiger partial charge on any atom is -0.312 e. The van der Waals surface area contributed by atoms with E-state index in [0.29, 0.717) is 10.9 Å². The SMILES string of the molecule is O=S1(=O)C[C@H]2N=C(SCc3ccc(Br)cc3)N(c3ccc(F)cc3F)[C@H]2C1. The molecule has 1 fully saturated rings. The standard InChI is InChI=1S/C18H15BrF2N2O2S2/c19-12-3-1-11(2-4-12)8-26-18-22-15-9-27(24,25)10-17(15)23(18)16-6-5-13(20)7-14(16)21/h1-7,15,17H,8-10H2/t15-,17+/m1/s1. The molecule has 2 aromatic rings. The fourth-order valence-electron chi connectivity index (χ4n) is 3.32. The zero-order valence-corrected chi connectivity index (χ0v) is 17.2. The Kier molecular flexibility index (Phi) is 5.02. The summed E-state index contributed by atoms with van der Waals surface area (Å²) in [4.78, 5) is 6.17. The fourth-order valence-corrected chi connectivity index (χ4v) is 6.50. The molecule has 2 aliphatic rings. The van der Waals surface area contributed by atoms with Crippen molar-refractivity contribution in [2.24, 2.45) is 4.99 Å². The van der Waals surface area contributed by atoms with Crippen LogP contribution in [0.5, 0.6) is 0 Å². The van der Waals surface area contributed by atoms with Crippen LogP contribution in [0.25, 0.3) is 0 Å². The smallest absolute Gasteiger partial charge is 0.164 e. The number of fused-ring (bicyclic) bond motifs is 1. The zero-order valence-electron chi connectivity index (χ0n) is 14.0. The highest BCUT2D eigenvalue weighted by Crippen LogP contribution is 2.37. The van der Waals surface area contributed by atoms with E-state index >= 15 is 0 Å². The van der Waals surface area contributed by atoms with Crippen LogP contribution in [0, 0.1) is 11.6 Å². The maximum atomic E-state index is 14.4. The number of sulfone groups is 1. The van der Waals surface area contributed by atoms with Gasteiger partial charge in [0.1, 0.15) is 11.6 Å². The van der Waals surface area contributed by atoms with Gasteiger partial charge in [0, 0.05) is 16.3 Å². The highest BCUT2D eigenvalue weighted by Gasteiger charge is 2.47. The van der Waals surface area contributed by atoms with E-state index in [4.69, 9.17) is 0 Å². The predicted octanol–water partition coefficient (Wildman–Crippen LogP) is 4.00. The van der Waals surface area contributed by atoms with E-state index in [1.165, 1.54) is 23.9 Å².